The molecule has 0 saturated heterocycles. The summed E-state index contributed by atoms with van der Waals surface area (Å²) in [6.45, 7) is 4.16. The van der Waals surface area contributed by atoms with E-state index in [-0.39, 0.29) is 0 Å². The number of fused-ring (bicyclic) bond motifs is 3. The molecule has 2 nitrogen and oxygen atoms in total. The highest BCUT2D eigenvalue weighted by Crippen LogP contribution is 2.26. The summed E-state index contributed by atoms with van der Waals surface area (Å²) in [4.78, 5) is 0. The number of nitrogens with zero attached hydrogens (tertiary/aromatic N) is 1. The smallest absolute Gasteiger partial charge is 0.221 e. The molecule has 0 amide bonds. The standard InChI is InChI=1S/C15H13NO/c1-10-7-11(2)15-13-6-4-3-5-12(13)14(17)9-16(15)8-10/h3-9H,1-2H3/p+1. The normalized spacial score (nSPS) is 11.2. The van der Waals surface area contributed by atoms with E-state index in [4.69, 9.17) is 0 Å². The second kappa shape index (κ2) is 3.45. The maximum Gasteiger partial charge on any atom is 0.221 e. The summed E-state index contributed by atoms with van der Waals surface area (Å²) in [6, 6.07) is 10.1. The van der Waals surface area contributed by atoms with E-state index in [0.29, 0.717) is 5.75 Å². The number of pyridine rings is 2. The Balaban J connectivity index is 2.63. The molecule has 0 fully saturated rings. The van der Waals surface area contributed by atoms with Crippen molar-refractivity contribution in [3.63, 3.8) is 0 Å². The van der Waals surface area contributed by atoms with Crippen molar-refractivity contribution >= 4 is 16.3 Å². The van der Waals surface area contributed by atoms with Crippen LogP contribution in [-0.4, -0.2) is 5.11 Å². The molecule has 0 unspecified atom stereocenters. The van der Waals surface area contributed by atoms with Crippen molar-refractivity contribution in [2.75, 3.05) is 0 Å². The Bertz CT molecular complexity index is 732. The largest absolute Gasteiger partial charge is 0.502 e. The van der Waals surface area contributed by atoms with E-state index >= 15 is 0 Å². The van der Waals surface area contributed by atoms with Gasteiger partial charge in [-0.05, 0) is 26.0 Å². The average Bonchev–Trinajstić information content (AvgIpc) is 2.28. The van der Waals surface area contributed by atoms with Crippen molar-refractivity contribution in [1.29, 1.82) is 0 Å². The van der Waals surface area contributed by atoms with Gasteiger partial charge in [0.05, 0.1) is 5.39 Å². The summed E-state index contributed by atoms with van der Waals surface area (Å²) in [6.07, 6.45) is 3.81. The van der Waals surface area contributed by atoms with Crippen LogP contribution in [0.4, 0.5) is 0 Å². The van der Waals surface area contributed by atoms with Gasteiger partial charge in [-0.3, -0.25) is 0 Å². The molecular formula is C15H14NO+. The molecule has 0 spiro atoms. The Morgan fingerprint density at radius 1 is 1.00 bits per heavy atom. The number of benzene rings is 1. The van der Waals surface area contributed by atoms with Gasteiger partial charge in [-0.1, -0.05) is 18.2 Å². The topological polar surface area (TPSA) is 24.3 Å². The zero-order valence-electron chi connectivity index (χ0n) is 9.94. The molecule has 0 aliphatic rings. The van der Waals surface area contributed by atoms with Crippen LogP contribution < -0.4 is 4.40 Å². The Morgan fingerprint density at radius 3 is 2.47 bits per heavy atom. The first kappa shape index (κ1) is 10.1. The fraction of sp³-hybridized carbons (Fsp3) is 0.133. The van der Waals surface area contributed by atoms with Crippen LogP contribution in [0.1, 0.15) is 11.1 Å². The minimum atomic E-state index is 0.322. The third-order valence-electron chi connectivity index (χ3n) is 3.14. The molecule has 1 N–H and O–H groups in total. The molecule has 2 aromatic heterocycles. The van der Waals surface area contributed by atoms with Crippen molar-refractivity contribution in [2.45, 2.75) is 13.8 Å². The van der Waals surface area contributed by atoms with Gasteiger partial charge in [-0.2, -0.15) is 4.40 Å². The van der Waals surface area contributed by atoms with Gasteiger partial charge in [0.15, 0.2) is 11.9 Å². The molecule has 0 aliphatic heterocycles. The van der Waals surface area contributed by atoms with E-state index in [1.807, 2.05) is 34.9 Å². The summed E-state index contributed by atoms with van der Waals surface area (Å²) in [5, 5.41) is 12.0. The molecule has 17 heavy (non-hydrogen) atoms. The molecule has 2 heterocycles. The molecule has 3 rings (SSSR count). The fourth-order valence-corrected chi connectivity index (χ4v) is 2.50. The van der Waals surface area contributed by atoms with Gasteiger partial charge in [-0.25, -0.2) is 0 Å². The van der Waals surface area contributed by atoms with Gasteiger partial charge in [-0.15, -0.1) is 0 Å². The van der Waals surface area contributed by atoms with Crippen LogP contribution >= 0.6 is 0 Å². The minimum absolute atomic E-state index is 0.322. The monoisotopic (exact) mass is 224 g/mol. The van der Waals surface area contributed by atoms with E-state index in [1.54, 1.807) is 6.20 Å². The van der Waals surface area contributed by atoms with Gasteiger partial charge in [0, 0.05) is 16.5 Å². The SMILES string of the molecule is Cc1cc(C)c2c3ccccc3c(O)c[n+]2c1. The predicted molar refractivity (Wildman–Crippen MR) is 68.2 cm³/mol. The maximum absolute atomic E-state index is 10.0. The zero-order chi connectivity index (χ0) is 12.0. The van der Waals surface area contributed by atoms with Crippen LogP contribution in [0.5, 0.6) is 5.75 Å². The second-order valence-corrected chi connectivity index (χ2v) is 4.52. The molecule has 0 aliphatic carbocycles. The van der Waals surface area contributed by atoms with E-state index < -0.39 is 0 Å². The Labute approximate surface area is 99.8 Å². The first-order valence-corrected chi connectivity index (χ1v) is 5.70. The van der Waals surface area contributed by atoms with Crippen molar-refractivity contribution in [2.24, 2.45) is 0 Å². The summed E-state index contributed by atoms with van der Waals surface area (Å²) >= 11 is 0. The van der Waals surface area contributed by atoms with Gasteiger partial charge >= 0.3 is 0 Å². The quantitative estimate of drug-likeness (QED) is 0.461. The number of aromatic nitrogens is 1. The number of hydrogen-bond acceptors (Lipinski definition) is 1. The lowest BCUT2D eigenvalue weighted by atomic mass is 10.1. The molecular weight excluding hydrogens is 210 g/mol. The first-order chi connectivity index (χ1) is 8.16. The van der Waals surface area contributed by atoms with Crippen LogP contribution in [0, 0.1) is 13.8 Å². The molecule has 84 valence electrons. The highest BCUT2D eigenvalue weighted by molar-refractivity contribution is 5.98. The van der Waals surface area contributed by atoms with Crippen LogP contribution in [0.2, 0.25) is 0 Å². The van der Waals surface area contributed by atoms with Gasteiger partial charge in [0.1, 0.15) is 0 Å². The fourth-order valence-electron chi connectivity index (χ4n) is 2.50. The summed E-state index contributed by atoms with van der Waals surface area (Å²) in [5.41, 5.74) is 3.57. The number of hydrogen-bond donors (Lipinski definition) is 1. The molecule has 0 saturated carbocycles. The Hall–Kier alpha value is -2.09. The minimum Gasteiger partial charge on any atom is -0.502 e. The number of aromatic hydroxyl groups is 1. The van der Waals surface area contributed by atoms with E-state index in [1.165, 1.54) is 11.1 Å². The van der Waals surface area contributed by atoms with Gasteiger partial charge < -0.3 is 5.11 Å². The summed E-state index contributed by atoms with van der Waals surface area (Å²) < 4.78 is 2.00. The molecule has 2 heteroatoms. The highest BCUT2D eigenvalue weighted by Gasteiger charge is 2.14. The lowest BCUT2D eigenvalue weighted by Gasteiger charge is -2.03. The highest BCUT2D eigenvalue weighted by atomic mass is 16.3. The van der Waals surface area contributed by atoms with E-state index in [0.717, 1.165) is 16.3 Å². The molecule has 3 aromatic rings. The van der Waals surface area contributed by atoms with Gasteiger partial charge in [0.25, 0.3) is 0 Å². The third-order valence-corrected chi connectivity index (χ3v) is 3.14. The van der Waals surface area contributed by atoms with Crippen molar-refractivity contribution in [3.8, 4) is 5.75 Å². The molecule has 0 radical (unpaired) electrons. The van der Waals surface area contributed by atoms with Crippen LogP contribution in [0.25, 0.3) is 16.3 Å². The van der Waals surface area contributed by atoms with E-state index in [9.17, 15) is 5.11 Å². The van der Waals surface area contributed by atoms with Crippen molar-refractivity contribution in [1.82, 2.24) is 0 Å². The van der Waals surface area contributed by atoms with Crippen molar-refractivity contribution in [3.05, 3.63) is 53.9 Å². The third kappa shape index (κ3) is 1.45. The number of aryl methyl sites for hydroxylation is 2. The molecule has 0 bridgehead atoms. The Morgan fingerprint density at radius 2 is 1.71 bits per heavy atom. The summed E-state index contributed by atoms with van der Waals surface area (Å²) in [5.74, 6) is 0.322. The lowest BCUT2D eigenvalue weighted by molar-refractivity contribution is -0.512. The maximum atomic E-state index is 10.0. The lowest BCUT2D eigenvalue weighted by Crippen LogP contribution is -2.22. The zero-order valence-corrected chi connectivity index (χ0v) is 9.94. The van der Waals surface area contributed by atoms with Crippen molar-refractivity contribution < 1.29 is 9.51 Å². The number of rotatable bonds is 0. The van der Waals surface area contributed by atoms with Crippen LogP contribution in [0.3, 0.4) is 0 Å². The van der Waals surface area contributed by atoms with Crippen LogP contribution in [0.15, 0.2) is 42.7 Å². The van der Waals surface area contributed by atoms with Crippen LogP contribution in [-0.2, 0) is 0 Å². The summed E-state index contributed by atoms with van der Waals surface area (Å²) in [7, 11) is 0. The Kier molecular flexibility index (Phi) is 2.05. The first-order valence-electron chi connectivity index (χ1n) is 5.70. The average molecular weight is 224 g/mol. The second-order valence-electron chi connectivity index (χ2n) is 4.52. The molecule has 0 atom stereocenters. The van der Waals surface area contributed by atoms with Gasteiger partial charge in [0.2, 0.25) is 11.7 Å². The predicted octanol–water partition coefficient (Wildman–Crippen LogP) is 2.90. The van der Waals surface area contributed by atoms with E-state index in [2.05, 4.69) is 19.9 Å². The molecule has 1 aromatic carbocycles.